The van der Waals surface area contributed by atoms with E-state index in [9.17, 15) is 5.11 Å². The first-order valence-electron chi connectivity index (χ1n) is 27.1. The predicted octanol–water partition coefficient (Wildman–Crippen LogP) is 14.8. The third kappa shape index (κ3) is 9.52. The Labute approximate surface area is 461 Å². The Hall–Kier alpha value is -10.0. The van der Waals surface area contributed by atoms with E-state index in [-0.39, 0.29) is 5.90 Å². The zero-order chi connectivity index (χ0) is 54.1. The van der Waals surface area contributed by atoms with Crippen molar-refractivity contribution in [1.29, 1.82) is 0 Å². The molecule has 0 fully saturated rings. The molecule has 0 radical (unpaired) electrons. The lowest BCUT2D eigenvalue weighted by Gasteiger charge is -2.09. The maximum absolute atomic E-state index is 10.7. The van der Waals surface area contributed by atoms with Crippen LogP contribution >= 0.6 is 0 Å². The molecule has 10 heterocycles. The van der Waals surface area contributed by atoms with E-state index >= 15 is 0 Å². The number of H-pyrrole nitrogens is 3. The number of hydrogen-bond acceptors (Lipinski definition) is 8. The molecule has 0 saturated carbocycles. The second kappa shape index (κ2) is 21.4. The number of aliphatic hydroxyl groups is 1. The molecule has 2 aliphatic heterocycles. The minimum Gasteiger partial charge on any atom is -0.497 e. The molecule has 4 N–H and O–H groups in total. The summed E-state index contributed by atoms with van der Waals surface area (Å²) >= 11 is 0. The fourth-order valence-corrected chi connectivity index (χ4v) is 11.4. The third-order valence-electron chi connectivity index (χ3n) is 15.3. The largest absolute Gasteiger partial charge is 0.497 e. The van der Waals surface area contributed by atoms with Crippen molar-refractivity contribution in [3.8, 4) is 56.0 Å². The number of aryl methyl sites for hydroxylation is 3. The van der Waals surface area contributed by atoms with Crippen LogP contribution in [0.15, 0.2) is 164 Å². The van der Waals surface area contributed by atoms with Crippen LogP contribution in [0.3, 0.4) is 0 Å². The number of aliphatic hydroxyl groups excluding tert-OH is 1. The van der Waals surface area contributed by atoms with Crippen LogP contribution in [0.4, 0.5) is 0 Å². The zero-order valence-corrected chi connectivity index (χ0v) is 44.7. The molecule has 392 valence electrons. The van der Waals surface area contributed by atoms with E-state index in [0.717, 1.165) is 126 Å². The molecule has 11 aromatic rings. The quantitative estimate of drug-likeness (QED) is 0.0341. The van der Waals surface area contributed by atoms with Crippen LogP contribution in [0.2, 0.25) is 0 Å². The van der Waals surface area contributed by atoms with Gasteiger partial charge in [-0.15, -0.1) is 0 Å². The van der Waals surface area contributed by atoms with E-state index in [1.165, 1.54) is 38.2 Å². The first-order chi connectivity index (χ1) is 39.3. The highest BCUT2D eigenvalue weighted by molar-refractivity contribution is 6.16. The molecule has 3 aromatic carbocycles. The number of hydrogen-bond donors (Lipinski definition) is 4. The number of nitrogens with zero attached hydrogens (tertiary/aromatic N) is 7. The Morgan fingerprint density at radius 1 is 0.525 bits per heavy atom. The molecule has 13 heteroatoms. The average molecular weight is 1050 g/mol. The van der Waals surface area contributed by atoms with Crippen LogP contribution in [-0.4, -0.2) is 71.1 Å². The summed E-state index contributed by atoms with van der Waals surface area (Å²) in [5, 5.41) is 15.7. The Morgan fingerprint density at radius 2 is 1.05 bits per heavy atom. The number of aromatic nitrogens is 9. The van der Waals surface area contributed by atoms with E-state index < -0.39 is 0 Å². The number of nitrogens with one attached hydrogen (secondary N) is 3. The molecule has 0 saturated heterocycles. The highest BCUT2D eigenvalue weighted by Crippen LogP contribution is 2.40. The lowest BCUT2D eigenvalue weighted by Crippen LogP contribution is -2.32. The monoisotopic (exact) mass is 1050 g/mol. The summed E-state index contributed by atoms with van der Waals surface area (Å²) in [4.78, 5) is 39.6. The lowest BCUT2D eigenvalue weighted by molar-refractivity contribution is -0.696. The molecule has 13 nitrogen and oxygen atoms in total. The first-order valence-corrected chi connectivity index (χ1v) is 27.1. The maximum Gasteiger partial charge on any atom is 0.180 e. The zero-order valence-electron chi connectivity index (χ0n) is 44.7. The number of rotatable bonds is 15. The fourth-order valence-electron chi connectivity index (χ4n) is 11.4. The summed E-state index contributed by atoms with van der Waals surface area (Å²) < 4.78 is 14.1. The van der Waals surface area contributed by atoms with Crippen LogP contribution < -0.4 is 14.0 Å². The van der Waals surface area contributed by atoms with Crippen molar-refractivity contribution < 1.29 is 19.1 Å². The van der Waals surface area contributed by atoms with Gasteiger partial charge in [0.1, 0.15) is 18.0 Å². The van der Waals surface area contributed by atoms with E-state index in [1.807, 2.05) is 79.4 Å². The standard InChI is InChI=1S/C67H56N10O3/c1-41-51-40-77(37-28-49(51)42(2)67-62(41)50-39-48(79-3)12-13-52(50)76-67)36-5-4-7-61(78)71-29-6-38-80-47-10-8-43(9-11-47)63-53-14-16-55(72-53)64(44-22-30-68-31-23-44)57-18-20-59(74-57)66(46-26-34-70-35-27-46)60-21-19-58(75-60)65(45-24-32-69-33-25-45)56-17-15-54(63)73-56/h8-28,30-35,37,39-40H,4-7,29,36,38H2,1-3H3,(H3,68,69,70,71,72,73,74,75,78)/p+1. The smallest absolute Gasteiger partial charge is 0.180 e. The highest BCUT2D eigenvalue weighted by Gasteiger charge is 2.21. The molecule has 0 spiro atoms. The predicted molar refractivity (Wildman–Crippen MR) is 322 cm³/mol. The van der Waals surface area contributed by atoms with Gasteiger partial charge in [0, 0.05) is 135 Å². The summed E-state index contributed by atoms with van der Waals surface area (Å²) in [6.45, 7) is 6.18. The maximum atomic E-state index is 10.7. The Kier molecular flexibility index (Phi) is 13.3. The Bertz CT molecular complexity index is 4430. The van der Waals surface area contributed by atoms with Crippen molar-refractivity contribution in [1.82, 2.24) is 39.9 Å². The first kappa shape index (κ1) is 49.6. The SMILES string of the molecule is COc1ccc2[nH]c3c(C)c4cc[n+](CCCCC(O)=NCCCOc5ccc(-c6c7nc(c(-c8ccncc8)c8nc(c(-c9ccncc9)c9ccc([nH]9)c(-c9ccncc9)c9ccc6[nH]9)C=C8)C=C7)cc5)cc4c(C)c3c2c1. The van der Waals surface area contributed by atoms with Crippen molar-refractivity contribution in [2.75, 3.05) is 20.3 Å². The van der Waals surface area contributed by atoms with Gasteiger partial charge >= 0.3 is 0 Å². The number of aromatic amines is 3. The number of ether oxygens (including phenoxy) is 2. The number of pyridine rings is 4. The number of methoxy groups -OCH3 is 1. The molecule has 0 unspecified atom stereocenters. The number of fused-ring (bicyclic) bond motifs is 12. The van der Waals surface area contributed by atoms with Crippen molar-refractivity contribution in [3.05, 3.63) is 193 Å². The molecule has 2 aliphatic rings. The van der Waals surface area contributed by atoms with Crippen LogP contribution in [-0.2, 0) is 6.54 Å². The molecule has 80 heavy (non-hydrogen) atoms. The summed E-state index contributed by atoms with van der Waals surface area (Å²) in [6, 6.07) is 37.2. The van der Waals surface area contributed by atoms with Gasteiger partial charge in [0.15, 0.2) is 18.3 Å². The van der Waals surface area contributed by atoms with Crippen LogP contribution in [0.5, 0.6) is 11.5 Å². The molecule has 0 atom stereocenters. The van der Waals surface area contributed by atoms with Crippen molar-refractivity contribution in [3.63, 3.8) is 0 Å². The molecule has 13 rings (SSSR count). The second-order valence-electron chi connectivity index (χ2n) is 20.2. The van der Waals surface area contributed by atoms with Gasteiger partial charge in [-0.1, -0.05) is 12.1 Å². The van der Waals surface area contributed by atoms with Crippen molar-refractivity contribution >= 4 is 84.8 Å². The van der Waals surface area contributed by atoms with Crippen LogP contribution in [0.25, 0.3) is 123 Å². The molecular weight excluding hydrogens is 993 g/mol. The number of aliphatic imine (C=N–C) groups is 1. The third-order valence-corrected chi connectivity index (χ3v) is 15.3. The van der Waals surface area contributed by atoms with E-state index in [2.05, 4.69) is 145 Å². The van der Waals surface area contributed by atoms with Crippen molar-refractivity contribution in [2.45, 2.75) is 46.1 Å². The number of benzene rings is 3. The van der Waals surface area contributed by atoms with E-state index in [1.54, 1.807) is 19.5 Å². The minimum atomic E-state index is 0.183. The molecule has 0 amide bonds. The van der Waals surface area contributed by atoms with Gasteiger partial charge in [0.05, 0.1) is 42.0 Å². The summed E-state index contributed by atoms with van der Waals surface area (Å²) in [5.41, 5.74) is 19.3. The minimum absolute atomic E-state index is 0.183. The molecule has 0 aliphatic carbocycles. The topological polar surface area (TPSA) is 167 Å². The summed E-state index contributed by atoms with van der Waals surface area (Å²) in [6.07, 6.45) is 26.5. The van der Waals surface area contributed by atoms with Gasteiger partial charge in [-0.2, -0.15) is 0 Å². The second-order valence-corrected chi connectivity index (χ2v) is 20.2. The van der Waals surface area contributed by atoms with Gasteiger partial charge in [-0.05, 0) is 174 Å². The van der Waals surface area contributed by atoms with Gasteiger partial charge in [-0.3, -0.25) is 19.9 Å². The summed E-state index contributed by atoms with van der Waals surface area (Å²) in [5.74, 6) is 1.78. The van der Waals surface area contributed by atoms with E-state index in [4.69, 9.17) is 19.4 Å². The van der Waals surface area contributed by atoms with E-state index in [0.29, 0.717) is 26.0 Å². The Morgan fingerprint density at radius 3 is 1.65 bits per heavy atom. The van der Waals surface area contributed by atoms with Crippen LogP contribution in [0, 0.1) is 13.8 Å². The normalized spacial score (nSPS) is 12.3. The Balaban J connectivity index is 0.742. The van der Waals surface area contributed by atoms with Gasteiger partial charge < -0.3 is 29.5 Å². The fraction of sp³-hybridized carbons (Fsp3) is 0.149. The highest BCUT2D eigenvalue weighted by atomic mass is 16.5. The molecule has 8 bridgehead atoms. The molecular formula is C67H57N10O3+. The van der Waals surface area contributed by atoms with Crippen LogP contribution in [0.1, 0.15) is 59.6 Å². The number of unbranched alkanes of at least 4 members (excludes halogenated alkanes) is 1. The average Bonchev–Trinajstić information content (AvgIpc) is 4.47. The van der Waals surface area contributed by atoms with Gasteiger partial charge in [0.25, 0.3) is 0 Å². The lowest BCUT2D eigenvalue weighted by atomic mass is 9.97. The van der Waals surface area contributed by atoms with Gasteiger partial charge in [0.2, 0.25) is 0 Å². The van der Waals surface area contributed by atoms with Crippen molar-refractivity contribution in [2.24, 2.45) is 4.99 Å². The molecule has 8 aromatic heterocycles. The summed E-state index contributed by atoms with van der Waals surface area (Å²) in [7, 11) is 1.71. The van der Waals surface area contributed by atoms with Gasteiger partial charge in [-0.25, -0.2) is 14.5 Å².